The quantitative estimate of drug-likeness (QED) is 0.586. The van der Waals surface area contributed by atoms with Crippen LogP contribution in [-0.4, -0.2) is 15.9 Å². The molecule has 0 bridgehead atoms. The summed E-state index contributed by atoms with van der Waals surface area (Å²) in [6, 6.07) is 7.49. The number of nitrogens with two attached hydrogens (primary N) is 1. The number of hydrogen-bond donors (Lipinski definition) is 3. The van der Waals surface area contributed by atoms with E-state index in [-0.39, 0.29) is 18.3 Å². The van der Waals surface area contributed by atoms with Gasteiger partial charge >= 0.3 is 0 Å². The number of rotatable bonds is 4. The zero-order valence-electron chi connectivity index (χ0n) is 13.0. The van der Waals surface area contributed by atoms with Crippen LogP contribution in [0.1, 0.15) is 12.6 Å². The molecule has 0 spiro atoms. The third-order valence-electron chi connectivity index (χ3n) is 2.98. The Hall–Kier alpha value is -2.16. The largest absolute Gasteiger partial charge is 0.399 e. The van der Waals surface area contributed by atoms with Crippen LogP contribution >= 0.6 is 35.1 Å². The maximum Gasteiger partial charge on any atom is 0.223 e. The van der Waals surface area contributed by atoms with Crippen molar-refractivity contribution in [1.82, 2.24) is 9.97 Å². The summed E-state index contributed by atoms with van der Waals surface area (Å²) in [6.45, 7) is 3.37. The molecule has 1 amide bonds. The maximum absolute atomic E-state index is 11.1. The normalized spacial score (nSPS) is 10.1. The summed E-state index contributed by atoms with van der Waals surface area (Å²) < 4.78 is 0. The monoisotopic (exact) mass is 381 g/mol. The van der Waals surface area contributed by atoms with Crippen molar-refractivity contribution in [3.05, 3.63) is 35.3 Å². The number of nitrogens with zero attached hydrogens (tertiary/aromatic N) is 2. The molecule has 1 aromatic carbocycles. The van der Waals surface area contributed by atoms with Crippen LogP contribution in [-0.2, 0) is 4.79 Å². The van der Waals surface area contributed by atoms with Crippen LogP contribution in [0.3, 0.4) is 0 Å². The molecule has 0 fully saturated rings. The first-order chi connectivity index (χ1) is 11.0. The summed E-state index contributed by atoms with van der Waals surface area (Å²) in [5.74, 6) is -0.130. The number of thiazole rings is 2. The van der Waals surface area contributed by atoms with Crippen molar-refractivity contribution in [2.45, 2.75) is 13.8 Å². The van der Waals surface area contributed by atoms with Gasteiger partial charge in [0.2, 0.25) is 5.91 Å². The fourth-order valence-corrected chi connectivity index (χ4v) is 3.73. The van der Waals surface area contributed by atoms with Gasteiger partial charge < -0.3 is 16.4 Å². The van der Waals surface area contributed by atoms with E-state index in [0.29, 0.717) is 5.13 Å². The van der Waals surface area contributed by atoms with Gasteiger partial charge in [0.25, 0.3) is 0 Å². The standard InChI is InChI=1S/C15H15N5OS2.ClH/c1-8-13(23-15(17-8)18-9(2)21)12-7-22-14(20-12)19-11-5-3-10(16)4-6-11;/h3-7H,16H2,1-2H3,(H,19,20)(H,17,18,21);1H. The molecule has 0 aliphatic heterocycles. The highest BCUT2D eigenvalue weighted by Gasteiger charge is 2.13. The Morgan fingerprint density at radius 3 is 2.54 bits per heavy atom. The molecule has 24 heavy (non-hydrogen) atoms. The molecular formula is C15H16ClN5OS2. The number of carbonyl (C=O) groups is 1. The van der Waals surface area contributed by atoms with E-state index in [1.54, 1.807) is 0 Å². The van der Waals surface area contributed by atoms with E-state index < -0.39 is 0 Å². The Kier molecular flexibility index (Phi) is 5.76. The number of aryl methyl sites for hydroxylation is 1. The molecule has 6 nitrogen and oxygen atoms in total. The minimum absolute atomic E-state index is 0. The molecule has 2 aromatic heterocycles. The number of hydrogen-bond acceptors (Lipinski definition) is 7. The van der Waals surface area contributed by atoms with E-state index in [1.165, 1.54) is 29.6 Å². The van der Waals surface area contributed by atoms with Crippen molar-refractivity contribution in [3.8, 4) is 10.6 Å². The Morgan fingerprint density at radius 1 is 1.17 bits per heavy atom. The molecule has 9 heteroatoms. The molecule has 0 aliphatic carbocycles. The van der Waals surface area contributed by atoms with Crippen LogP contribution in [0.4, 0.5) is 21.6 Å². The highest BCUT2D eigenvalue weighted by molar-refractivity contribution is 7.20. The van der Waals surface area contributed by atoms with E-state index in [4.69, 9.17) is 5.73 Å². The lowest BCUT2D eigenvalue weighted by molar-refractivity contribution is -0.114. The van der Waals surface area contributed by atoms with E-state index >= 15 is 0 Å². The van der Waals surface area contributed by atoms with Crippen LogP contribution < -0.4 is 16.4 Å². The molecule has 3 aromatic rings. The van der Waals surface area contributed by atoms with Gasteiger partial charge in [-0.05, 0) is 31.2 Å². The molecule has 3 rings (SSSR count). The molecule has 0 aliphatic rings. The predicted octanol–water partition coefficient (Wildman–Crippen LogP) is 4.28. The first kappa shape index (κ1) is 18.2. The number of nitrogen functional groups attached to an aromatic ring is 1. The average Bonchev–Trinajstić information content (AvgIpc) is 3.07. The zero-order valence-corrected chi connectivity index (χ0v) is 15.4. The van der Waals surface area contributed by atoms with E-state index in [0.717, 1.165) is 32.8 Å². The van der Waals surface area contributed by atoms with E-state index in [2.05, 4.69) is 20.6 Å². The highest BCUT2D eigenvalue weighted by Crippen LogP contribution is 2.35. The number of anilines is 4. The lowest BCUT2D eigenvalue weighted by Gasteiger charge is -2.02. The predicted molar refractivity (Wildman–Crippen MR) is 104 cm³/mol. The fourth-order valence-electron chi connectivity index (χ4n) is 1.96. The van der Waals surface area contributed by atoms with Crippen LogP contribution in [0.2, 0.25) is 0 Å². The van der Waals surface area contributed by atoms with E-state index in [9.17, 15) is 4.79 Å². The molecule has 2 heterocycles. The lowest BCUT2D eigenvalue weighted by Crippen LogP contribution is -2.04. The molecule has 4 N–H and O–H groups in total. The van der Waals surface area contributed by atoms with Crippen molar-refractivity contribution in [1.29, 1.82) is 0 Å². The summed E-state index contributed by atoms with van der Waals surface area (Å²) in [5.41, 5.74) is 9.03. The second-order valence-electron chi connectivity index (χ2n) is 4.90. The maximum atomic E-state index is 11.1. The third-order valence-corrected chi connectivity index (χ3v) is 4.83. The van der Waals surface area contributed by atoms with Gasteiger partial charge in [-0.1, -0.05) is 11.3 Å². The van der Waals surface area contributed by atoms with Gasteiger partial charge in [0, 0.05) is 23.7 Å². The van der Waals surface area contributed by atoms with Gasteiger partial charge in [0.15, 0.2) is 10.3 Å². The van der Waals surface area contributed by atoms with Crippen molar-refractivity contribution in [2.75, 3.05) is 16.4 Å². The Labute approximate surface area is 153 Å². The zero-order chi connectivity index (χ0) is 16.4. The first-order valence-electron chi connectivity index (χ1n) is 6.85. The summed E-state index contributed by atoms with van der Waals surface area (Å²) in [6.07, 6.45) is 0. The van der Waals surface area contributed by atoms with Gasteiger partial charge in [0.1, 0.15) is 0 Å². The Morgan fingerprint density at radius 2 is 1.88 bits per heavy atom. The molecule has 0 saturated heterocycles. The molecular weight excluding hydrogens is 366 g/mol. The average molecular weight is 382 g/mol. The number of halogens is 1. The first-order valence-corrected chi connectivity index (χ1v) is 8.54. The van der Waals surface area contributed by atoms with Gasteiger partial charge in [-0.15, -0.1) is 23.7 Å². The topological polar surface area (TPSA) is 92.9 Å². The number of carbonyl (C=O) groups excluding carboxylic acids is 1. The van der Waals surface area contributed by atoms with Crippen molar-refractivity contribution < 1.29 is 4.79 Å². The van der Waals surface area contributed by atoms with Crippen LogP contribution in [0, 0.1) is 6.92 Å². The Balaban J connectivity index is 0.00000208. The number of benzene rings is 1. The number of amides is 1. The minimum atomic E-state index is -0.130. The smallest absolute Gasteiger partial charge is 0.223 e. The second-order valence-corrected chi connectivity index (χ2v) is 6.76. The van der Waals surface area contributed by atoms with Crippen LogP contribution in [0.25, 0.3) is 10.6 Å². The van der Waals surface area contributed by atoms with Crippen molar-refractivity contribution in [2.24, 2.45) is 0 Å². The van der Waals surface area contributed by atoms with Gasteiger partial charge in [-0.25, -0.2) is 9.97 Å². The van der Waals surface area contributed by atoms with Crippen molar-refractivity contribution in [3.63, 3.8) is 0 Å². The highest BCUT2D eigenvalue weighted by atomic mass is 35.5. The summed E-state index contributed by atoms with van der Waals surface area (Å²) in [5, 5.41) is 9.30. The van der Waals surface area contributed by atoms with Crippen LogP contribution in [0.5, 0.6) is 0 Å². The molecule has 0 atom stereocenters. The second kappa shape index (κ2) is 7.61. The number of nitrogens with one attached hydrogen (secondary N) is 2. The summed E-state index contributed by atoms with van der Waals surface area (Å²) >= 11 is 2.93. The molecule has 0 radical (unpaired) electrons. The minimum Gasteiger partial charge on any atom is -0.399 e. The van der Waals surface area contributed by atoms with Crippen LogP contribution in [0.15, 0.2) is 29.6 Å². The number of aromatic nitrogens is 2. The lowest BCUT2D eigenvalue weighted by atomic mass is 10.3. The van der Waals surface area contributed by atoms with Gasteiger partial charge in [-0.3, -0.25) is 4.79 Å². The van der Waals surface area contributed by atoms with Gasteiger partial charge in [-0.2, -0.15) is 0 Å². The Bertz CT molecular complexity index is 844. The van der Waals surface area contributed by atoms with E-state index in [1.807, 2.05) is 36.6 Å². The van der Waals surface area contributed by atoms with Crippen molar-refractivity contribution >= 4 is 62.6 Å². The molecule has 0 saturated carbocycles. The fraction of sp³-hybridized carbons (Fsp3) is 0.133. The van der Waals surface area contributed by atoms with Gasteiger partial charge in [0.05, 0.1) is 16.3 Å². The summed E-state index contributed by atoms with van der Waals surface area (Å²) in [4.78, 5) is 21.0. The molecule has 126 valence electrons. The SMILES string of the molecule is CC(=O)Nc1nc(C)c(-c2csc(Nc3ccc(N)cc3)n2)s1.Cl. The molecule has 0 unspecified atom stereocenters. The summed E-state index contributed by atoms with van der Waals surface area (Å²) in [7, 11) is 0. The third kappa shape index (κ3) is 4.22.